The van der Waals surface area contributed by atoms with Crippen LogP contribution in [0.5, 0.6) is 0 Å². The number of rotatable bonds is 4. The summed E-state index contributed by atoms with van der Waals surface area (Å²) < 4.78 is 26.2. The molecule has 0 bridgehead atoms. The molecule has 2 N–H and O–H groups in total. The van der Waals surface area contributed by atoms with Crippen molar-refractivity contribution in [1.82, 2.24) is 4.72 Å². The van der Waals surface area contributed by atoms with Crippen LogP contribution in [0.2, 0.25) is 0 Å². The van der Waals surface area contributed by atoms with E-state index in [4.69, 9.17) is 0 Å². The van der Waals surface area contributed by atoms with E-state index in [2.05, 4.69) is 17.0 Å². The molecule has 0 aromatic heterocycles. The van der Waals surface area contributed by atoms with Crippen molar-refractivity contribution in [2.24, 2.45) is 0 Å². The second-order valence-electron chi connectivity index (χ2n) is 4.42. The summed E-state index contributed by atoms with van der Waals surface area (Å²) in [5, 5.41) is 3.98. The Kier molecular flexibility index (Phi) is 4.19. The van der Waals surface area contributed by atoms with Gasteiger partial charge in [-0.3, -0.25) is 0 Å². The van der Waals surface area contributed by atoms with Gasteiger partial charge >= 0.3 is 0 Å². The first-order chi connectivity index (χ1) is 8.53. The van der Waals surface area contributed by atoms with E-state index in [0.717, 1.165) is 12.2 Å². The highest BCUT2D eigenvalue weighted by molar-refractivity contribution is 8.00. The molecule has 4 nitrogen and oxygen atoms in total. The Hall–Kier alpha value is -0.720. The van der Waals surface area contributed by atoms with Crippen molar-refractivity contribution < 1.29 is 8.42 Å². The first-order valence-electron chi connectivity index (χ1n) is 5.93. The Morgan fingerprint density at radius 2 is 2.06 bits per heavy atom. The van der Waals surface area contributed by atoms with Gasteiger partial charge in [-0.1, -0.05) is 19.1 Å². The zero-order chi connectivity index (χ0) is 13.2. The second kappa shape index (κ2) is 5.50. The molecule has 6 heteroatoms. The fourth-order valence-corrected chi connectivity index (χ4v) is 4.11. The quantitative estimate of drug-likeness (QED) is 0.887. The van der Waals surface area contributed by atoms with Gasteiger partial charge in [0.1, 0.15) is 4.90 Å². The molecule has 0 spiro atoms. The molecule has 0 radical (unpaired) electrons. The van der Waals surface area contributed by atoms with E-state index in [1.165, 1.54) is 7.05 Å². The van der Waals surface area contributed by atoms with Gasteiger partial charge in [0.05, 0.1) is 5.69 Å². The fourth-order valence-electron chi connectivity index (χ4n) is 2.07. The molecule has 2 rings (SSSR count). The van der Waals surface area contributed by atoms with Crippen molar-refractivity contribution in [2.75, 3.05) is 18.1 Å². The van der Waals surface area contributed by atoms with E-state index in [-0.39, 0.29) is 0 Å². The lowest BCUT2D eigenvalue weighted by Crippen LogP contribution is -2.24. The van der Waals surface area contributed by atoms with Gasteiger partial charge < -0.3 is 5.32 Å². The molecule has 1 fully saturated rings. The standard InChI is InChI=1S/C12H18N2O2S2/c1-9-7-10(8-17-9)14-11-5-3-4-6-12(11)18(15,16)13-2/h3-6,9-10,13-14H,7-8H2,1-2H3. The van der Waals surface area contributed by atoms with Crippen LogP contribution in [0, 0.1) is 0 Å². The molecule has 1 aromatic carbocycles. The van der Waals surface area contributed by atoms with Crippen LogP contribution in [0.3, 0.4) is 0 Å². The number of thioether (sulfide) groups is 1. The highest BCUT2D eigenvalue weighted by Crippen LogP contribution is 2.30. The lowest BCUT2D eigenvalue weighted by molar-refractivity contribution is 0.588. The maximum atomic E-state index is 11.9. The maximum Gasteiger partial charge on any atom is 0.242 e. The van der Waals surface area contributed by atoms with Crippen molar-refractivity contribution in [3.05, 3.63) is 24.3 Å². The summed E-state index contributed by atoms with van der Waals surface area (Å²) in [5.74, 6) is 1.02. The number of anilines is 1. The van der Waals surface area contributed by atoms with E-state index < -0.39 is 10.0 Å². The summed E-state index contributed by atoms with van der Waals surface area (Å²) in [4.78, 5) is 0.317. The van der Waals surface area contributed by atoms with Gasteiger partial charge in [0.25, 0.3) is 0 Å². The molecule has 18 heavy (non-hydrogen) atoms. The SMILES string of the molecule is CNS(=O)(=O)c1ccccc1NC1CSC(C)C1. The molecule has 0 aliphatic carbocycles. The van der Waals surface area contributed by atoms with Gasteiger partial charge in [-0.2, -0.15) is 11.8 Å². The highest BCUT2D eigenvalue weighted by atomic mass is 32.2. The summed E-state index contributed by atoms with van der Waals surface area (Å²) in [6, 6.07) is 7.37. The largest absolute Gasteiger partial charge is 0.380 e. The Morgan fingerprint density at radius 1 is 1.33 bits per heavy atom. The summed E-state index contributed by atoms with van der Waals surface area (Å²) in [7, 11) is -1.97. The van der Waals surface area contributed by atoms with Crippen molar-refractivity contribution in [2.45, 2.75) is 29.5 Å². The Morgan fingerprint density at radius 3 is 2.67 bits per heavy atom. The van der Waals surface area contributed by atoms with Crippen LogP contribution in [0.25, 0.3) is 0 Å². The van der Waals surface area contributed by atoms with Gasteiger partial charge in [0.2, 0.25) is 10.0 Å². The van der Waals surface area contributed by atoms with Gasteiger partial charge in [-0.15, -0.1) is 0 Å². The topological polar surface area (TPSA) is 58.2 Å². The molecule has 0 saturated carbocycles. The van der Waals surface area contributed by atoms with E-state index in [1.807, 2.05) is 23.9 Å². The molecule has 1 aliphatic rings. The monoisotopic (exact) mass is 286 g/mol. The molecule has 0 amide bonds. The second-order valence-corrected chi connectivity index (χ2v) is 7.75. The summed E-state index contributed by atoms with van der Waals surface area (Å²) in [5.41, 5.74) is 0.687. The molecule has 100 valence electrons. The predicted octanol–water partition coefficient (Wildman–Crippen LogP) is 1.90. The van der Waals surface area contributed by atoms with Crippen LogP contribution in [0.1, 0.15) is 13.3 Å². The van der Waals surface area contributed by atoms with E-state index >= 15 is 0 Å². The number of sulfonamides is 1. The minimum Gasteiger partial charge on any atom is -0.380 e. The highest BCUT2D eigenvalue weighted by Gasteiger charge is 2.24. The first-order valence-corrected chi connectivity index (χ1v) is 8.47. The van der Waals surface area contributed by atoms with Crippen LogP contribution in [0.15, 0.2) is 29.2 Å². The number of hydrogen-bond acceptors (Lipinski definition) is 4. The molecular weight excluding hydrogens is 268 g/mol. The number of benzene rings is 1. The molecule has 1 aromatic rings. The van der Waals surface area contributed by atoms with E-state index in [9.17, 15) is 8.42 Å². The van der Waals surface area contributed by atoms with Gasteiger partial charge in [0, 0.05) is 17.0 Å². The lowest BCUT2D eigenvalue weighted by atomic mass is 10.2. The van der Waals surface area contributed by atoms with Gasteiger partial charge in [-0.25, -0.2) is 13.1 Å². The minimum atomic E-state index is -3.40. The Labute approximate surface area is 113 Å². The average Bonchev–Trinajstić information content (AvgIpc) is 2.75. The normalized spacial score (nSPS) is 24.1. The van der Waals surface area contributed by atoms with Gasteiger partial charge in [0.15, 0.2) is 0 Å². The third kappa shape index (κ3) is 2.99. The third-order valence-electron chi connectivity index (χ3n) is 3.00. The Bertz CT molecular complexity index is 517. The molecule has 1 heterocycles. The predicted molar refractivity (Wildman–Crippen MR) is 76.6 cm³/mol. The van der Waals surface area contributed by atoms with Gasteiger partial charge in [-0.05, 0) is 25.6 Å². The Balaban J connectivity index is 2.23. The zero-order valence-electron chi connectivity index (χ0n) is 10.5. The van der Waals surface area contributed by atoms with Crippen LogP contribution >= 0.6 is 11.8 Å². The van der Waals surface area contributed by atoms with Crippen LogP contribution in [-0.4, -0.2) is 32.5 Å². The molecule has 2 unspecified atom stereocenters. The number of nitrogens with one attached hydrogen (secondary N) is 2. The van der Waals surface area contributed by atoms with Crippen LogP contribution < -0.4 is 10.0 Å². The average molecular weight is 286 g/mol. The van der Waals surface area contributed by atoms with E-state index in [1.54, 1.807) is 12.1 Å². The third-order valence-corrected chi connectivity index (χ3v) is 5.83. The summed E-state index contributed by atoms with van der Waals surface area (Å²) >= 11 is 1.92. The summed E-state index contributed by atoms with van der Waals surface area (Å²) in [6.45, 7) is 2.20. The first kappa shape index (κ1) is 13.7. The zero-order valence-corrected chi connectivity index (χ0v) is 12.1. The number of hydrogen-bond donors (Lipinski definition) is 2. The molecule has 1 saturated heterocycles. The van der Waals surface area contributed by atoms with Crippen LogP contribution in [0.4, 0.5) is 5.69 Å². The lowest BCUT2D eigenvalue weighted by Gasteiger charge is -2.16. The van der Waals surface area contributed by atoms with Crippen molar-refractivity contribution >= 4 is 27.5 Å². The van der Waals surface area contributed by atoms with Crippen molar-refractivity contribution in [1.29, 1.82) is 0 Å². The molecule has 1 aliphatic heterocycles. The fraction of sp³-hybridized carbons (Fsp3) is 0.500. The minimum absolute atomic E-state index is 0.317. The van der Waals surface area contributed by atoms with E-state index in [0.29, 0.717) is 21.9 Å². The molecular formula is C12H18N2O2S2. The summed E-state index contributed by atoms with van der Waals surface area (Å²) in [6.07, 6.45) is 1.07. The number of para-hydroxylation sites is 1. The van der Waals surface area contributed by atoms with Crippen molar-refractivity contribution in [3.63, 3.8) is 0 Å². The van der Waals surface area contributed by atoms with Crippen molar-refractivity contribution in [3.8, 4) is 0 Å². The van der Waals surface area contributed by atoms with Crippen LogP contribution in [-0.2, 0) is 10.0 Å². The maximum absolute atomic E-state index is 11.9. The smallest absolute Gasteiger partial charge is 0.242 e. The molecule has 2 atom stereocenters.